The monoisotopic (exact) mass is 123 g/mol. The molecule has 0 aliphatic heterocycles. The lowest BCUT2D eigenvalue weighted by Crippen LogP contribution is -1.92. The molecule has 0 unspecified atom stereocenters. The lowest BCUT2D eigenvalue weighted by Gasteiger charge is -1.98. The molecule has 0 atom stereocenters. The van der Waals surface area contributed by atoms with Crippen LogP contribution in [0, 0.1) is 5.41 Å². The fourth-order valence-electron chi connectivity index (χ4n) is 1.81. The Morgan fingerprint density at radius 1 is 1.33 bits per heavy atom. The van der Waals surface area contributed by atoms with Gasteiger partial charge in [0.25, 0.3) is 0 Å². The molecular formula is C8H13N. The van der Waals surface area contributed by atoms with Gasteiger partial charge in [0.05, 0.1) is 0 Å². The minimum atomic E-state index is 0.787. The Morgan fingerprint density at radius 3 is 2.44 bits per heavy atom. The van der Waals surface area contributed by atoms with E-state index in [2.05, 4.69) is 4.99 Å². The van der Waals surface area contributed by atoms with Crippen molar-refractivity contribution < 1.29 is 0 Å². The summed E-state index contributed by atoms with van der Waals surface area (Å²) in [5, 5.41) is 0. The molecule has 50 valence electrons. The average Bonchev–Trinajstić information content (AvgIpc) is 2.44. The first-order chi connectivity index (χ1) is 4.35. The topological polar surface area (TPSA) is 12.4 Å². The third-order valence-corrected chi connectivity index (χ3v) is 2.80. The van der Waals surface area contributed by atoms with Gasteiger partial charge in [0, 0.05) is 12.8 Å². The zero-order chi connectivity index (χ0) is 6.32. The Morgan fingerprint density at radius 2 is 2.11 bits per heavy atom. The Kier molecular flexibility index (Phi) is 0.961. The molecule has 0 aromatic rings. The summed E-state index contributed by atoms with van der Waals surface area (Å²) in [5.74, 6) is 0. The molecule has 0 saturated heterocycles. The van der Waals surface area contributed by atoms with Crippen LogP contribution in [0.3, 0.4) is 0 Å². The summed E-state index contributed by atoms with van der Waals surface area (Å²) in [6.45, 7) is 0. The highest BCUT2D eigenvalue weighted by Crippen LogP contribution is 2.56. The highest BCUT2D eigenvalue weighted by Gasteiger charge is 2.46. The van der Waals surface area contributed by atoms with Crippen LogP contribution >= 0.6 is 0 Å². The smallest absolute Gasteiger partial charge is 0.0276 e. The number of aliphatic imine (C=N–C) groups is 1. The van der Waals surface area contributed by atoms with Crippen molar-refractivity contribution in [3.63, 3.8) is 0 Å². The van der Waals surface area contributed by atoms with Crippen LogP contribution < -0.4 is 0 Å². The van der Waals surface area contributed by atoms with E-state index < -0.39 is 0 Å². The molecule has 2 aliphatic carbocycles. The van der Waals surface area contributed by atoms with Gasteiger partial charge >= 0.3 is 0 Å². The molecule has 0 aromatic heterocycles. The minimum absolute atomic E-state index is 0.787. The maximum absolute atomic E-state index is 4.24. The quantitative estimate of drug-likeness (QED) is 0.467. The van der Waals surface area contributed by atoms with E-state index in [1.807, 2.05) is 7.05 Å². The molecule has 0 heterocycles. The number of hydrogen-bond donors (Lipinski definition) is 0. The summed E-state index contributed by atoms with van der Waals surface area (Å²) >= 11 is 0. The van der Waals surface area contributed by atoms with E-state index in [4.69, 9.17) is 0 Å². The number of hydrogen-bond acceptors (Lipinski definition) is 1. The van der Waals surface area contributed by atoms with Crippen LogP contribution in [0.1, 0.15) is 32.1 Å². The van der Waals surface area contributed by atoms with Gasteiger partial charge in [-0.05, 0) is 37.5 Å². The zero-order valence-corrected chi connectivity index (χ0v) is 5.98. The highest BCUT2D eigenvalue weighted by atomic mass is 14.7. The van der Waals surface area contributed by atoms with Gasteiger partial charge in [-0.1, -0.05) is 0 Å². The van der Waals surface area contributed by atoms with Gasteiger partial charge in [-0.3, -0.25) is 4.99 Å². The van der Waals surface area contributed by atoms with E-state index in [1.165, 1.54) is 37.8 Å². The third-order valence-electron chi connectivity index (χ3n) is 2.80. The second-order valence-corrected chi connectivity index (χ2v) is 3.47. The van der Waals surface area contributed by atoms with Crippen LogP contribution in [-0.4, -0.2) is 12.8 Å². The standard InChI is InChI=1S/C8H13N/c1-9-7-2-3-8(6-7)4-5-8/h2-6H2,1H3/b9-7-. The SMILES string of the molecule is C/N=C1/CCC2(CC2)C1. The van der Waals surface area contributed by atoms with Crippen LogP contribution in [0.2, 0.25) is 0 Å². The summed E-state index contributed by atoms with van der Waals surface area (Å²) in [5.41, 5.74) is 2.25. The fourth-order valence-corrected chi connectivity index (χ4v) is 1.81. The third kappa shape index (κ3) is 0.790. The van der Waals surface area contributed by atoms with Gasteiger partial charge in [0.1, 0.15) is 0 Å². The van der Waals surface area contributed by atoms with E-state index in [1.54, 1.807) is 0 Å². The first kappa shape index (κ1) is 5.45. The van der Waals surface area contributed by atoms with Crippen molar-refractivity contribution >= 4 is 5.71 Å². The van der Waals surface area contributed by atoms with Crippen molar-refractivity contribution in [2.75, 3.05) is 7.05 Å². The van der Waals surface area contributed by atoms with E-state index in [9.17, 15) is 0 Å². The second kappa shape index (κ2) is 1.59. The summed E-state index contributed by atoms with van der Waals surface area (Å²) in [7, 11) is 1.93. The van der Waals surface area contributed by atoms with Crippen LogP contribution in [0.5, 0.6) is 0 Å². The molecule has 2 saturated carbocycles. The van der Waals surface area contributed by atoms with Gasteiger partial charge in [-0.15, -0.1) is 0 Å². The highest BCUT2D eigenvalue weighted by molar-refractivity contribution is 5.87. The molecule has 0 aromatic carbocycles. The van der Waals surface area contributed by atoms with E-state index >= 15 is 0 Å². The molecule has 2 rings (SSSR count). The van der Waals surface area contributed by atoms with Crippen LogP contribution in [-0.2, 0) is 0 Å². The lowest BCUT2D eigenvalue weighted by molar-refractivity contribution is 0.547. The van der Waals surface area contributed by atoms with Gasteiger partial charge in [-0.25, -0.2) is 0 Å². The molecule has 0 radical (unpaired) electrons. The molecule has 0 N–H and O–H groups in total. The Labute approximate surface area is 56.2 Å². The maximum atomic E-state index is 4.24. The molecule has 0 bridgehead atoms. The first-order valence-corrected chi connectivity index (χ1v) is 3.79. The normalized spacial score (nSPS) is 34.1. The van der Waals surface area contributed by atoms with Crippen LogP contribution in [0.25, 0.3) is 0 Å². The first-order valence-electron chi connectivity index (χ1n) is 3.79. The Hall–Kier alpha value is -0.330. The van der Waals surface area contributed by atoms with Crippen molar-refractivity contribution in [2.24, 2.45) is 10.4 Å². The number of rotatable bonds is 0. The lowest BCUT2D eigenvalue weighted by atomic mass is 10.1. The van der Waals surface area contributed by atoms with Crippen molar-refractivity contribution in [2.45, 2.75) is 32.1 Å². The predicted molar refractivity (Wildman–Crippen MR) is 38.9 cm³/mol. The Bertz CT molecular complexity index is 154. The van der Waals surface area contributed by atoms with Gasteiger partial charge in [0.2, 0.25) is 0 Å². The van der Waals surface area contributed by atoms with Gasteiger partial charge in [0.15, 0.2) is 0 Å². The van der Waals surface area contributed by atoms with Gasteiger partial charge in [-0.2, -0.15) is 0 Å². The van der Waals surface area contributed by atoms with E-state index in [0.29, 0.717) is 0 Å². The molecule has 0 amide bonds. The summed E-state index contributed by atoms with van der Waals surface area (Å²) in [4.78, 5) is 4.24. The van der Waals surface area contributed by atoms with Gasteiger partial charge < -0.3 is 0 Å². The molecule has 9 heavy (non-hydrogen) atoms. The van der Waals surface area contributed by atoms with Crippen molar-refractivity contribution in [3.05, 3.63) is 0 Å². The largest absolute Gasteiger partial charge is 0.297 e. The molecule has 2 aliphatic rings. The molecule has 1 nitrogen and oxygen atoms in total. The minimum Gasteiger partial charge on any atom is -0.297 e. The predicted octanol–water partition coefficient (Wildman–Crippen LogP) is 2.02. The Balaban J connectivity index is 2.08. The second-order valence-electron chi connectivity index (χ2n) is 3.47. The molecule has 1 heteroatoms. The van der Waals surface area contributed by atoms with Crippen molar-refractivity contribution in [1.82, 2.24) is 0 Å². The number of nitrogens with zero attached hydrogens (tertiary/aromatic N) is 1. The molecular weight excluding hydrogens is 110 g/mol. The maximum Gasteiger partial charge on any atom is 0.0276 e. The van der Waals surface area contributed by atoms with Crippen LogP contribution in [0.15, 0.2) is 4.99 Å². The zero-order valence-electron chi connectivity index (χ0n) is 5.98. The van der Waals surface area contributed by atoms with Crippen molar-refractivity contribution in [3.8, 4) is 0 Å². The summed E-state index contributed by atoms with van der Waals surface area (Å²) in [6.07, 6.45) is 7.00. The van der Waals surface area contributed by atoms with E-state index in [0.717, 1.165) is 5.41 Å². The van der Waals surface area contributed by atoms with Crippen LogP contribution in [0.4, 0.5) is 0 Å². The summed E-state index contributed by atoms with van der Waals surface area (Å²) < 4.78 is 0. The average molecular weight is 123 g/mol. The molecule has 1 spiro atoms. The fraction of sp³-hybridized carbons (Fsp3) is 0.875. The van der Waals surface area contributed by atoms with E-state index in [-0.39, 0.29) is 0 Å². The summed E-state index contributed by atoms with van der Waals surface area (Å²) in [6, 6.07) is 0. The molecule has 2 fully saturated rings. The van der Waals surface area contributed by atoms with Crippen molar-refractivity contribution in [1.29, 1.82) is 0 Å².